The largest absolute Gasteiger partial charge is 0.480 e. The molecule has 1 rings (SSSR count). The maximum absolute atomic E-state index is 11.4. The predicted octanol–water partition coefficient (Wildman–Crippen LogP) is 1.44. The number of carbonyl (C=O) groups excluding carboxylic acids is 1. The molecule has 0 aliphatic carbocycles. The number of carbonyl (C=O) groups is 1. The van der Waals surface area contributed by atoms with Gasteiger partial charge >= 0.3 is 5.97 Å². The van der Waals surface area contributed by atoms with E-state index in [1.54, 1.807) is 13.8 Å². The Morgan fingerprint density at radius 3 is 2.78 bits per heavy atom. The van der Waals surface area contributed by atoms with Crippen LogP contribution in [0.25, 0.3) is 0 Å². The molecule has 18 heavy (non-hydrogen) atoms. The summed E-state index contributed by atoms with van der Waals surface area (Å²) >= 11 is 0. The van der Waals surface area contributed by atoms with Gasteiger partial charge in [0.05, 0.1) is 11.8 Å². The Bertz CT molecular complexity index is 405. The van der Waals surface area contributed by atoms with Gasteiger partial charge in [0.15, 0.2) is 6.61 Å². The summed E-state index contributed by atoms with van der Waals surface area (Å²) in [5.74, 6) is 0.233. The van der Waals surface area contributed by atoms with Crippen molar-refractivity contribution in [1.29, 1.82) is 0 Å². The molecule has 0 radical (unpaired) electrons. The topological polar surface area (TPSA) is 60.5 Å². The highest BCUT2D eigenvalue weighted by molar-refractivity contribution is 5.71. The molecule has 0 bridgehead atoms. The average molecular weight is 252 g/mol. The summed E-state index contributed by atoms with van der Waals surface area (Å²) < 4.78 is 10.4. The van der Waals surface area contributed by atoms with E-state index in [1.165, 1.54) is 0 Å². The fraction of sp³-hybridized carbons (Fsp3) is 0.538. The maximum atomic E-state index is 11.4. The summed E-state index contributed by atoms with van der Waals surface area (Å²) in [6.45, 7) is 6.02. The van der Waals surface area contributed by atoms with Gasteiger partial charge in [0.2, 0.25) is 0 Å². The first-order valence-electron chi connectivity index (χ1n) is 5.96. The lowest BCUT2D eigenvalue weighted by atomic mass is 10.3. The molecule has 1 aromatic heterocycles. The zero-order valence-electron chi connectivity index (χ0n) is 11.3. The van der Waals surface area contributed by atoms with Crippen LogP contribution in [-0.4, -0.2) is 30.7 Å². The van der Waals surface area contributed by atoms with E-state index in [4.69, 9.17) is 9.47 Å². The number of esters is 1. The van der Waals surface area contributed by atoms with E-state index in [2.05, 4.69) is 10.3 Å². The fourth-order valence-electron chi connectivity index (χ4n) is 1.46. The molecule has 0 saturated carbocycles. The van der Waals surface area contributed by atoms with Crippen LogP contribution in [0.3, 0.4) is 0 Å². The Balaban J connectivity index is 2.63. The normalized spacial score (nSPS) is 10.5. The van der Waals surface area contributed by atoms with E-state index in [1.807, 2.05) is 26.1 Å². The second-order valence-corrected chi connectivity index (χ2v) is 4.26. The van der Waals surface area contributed by atoms with E-state index in [0.717, 1.165) is 11.4 Å². The van der Waals surface area contributed by atoms with Crippen molar-refractivity contribution in [2.45, 2.75) is 33.4 Å². The second kappa shape index (κ2) is 6.96. The van der Waals surface area contributed by atoms with Crippen molar-refractivity contribution in [2.75, 3.05) is 13.7 Å². The zero-order chi connectivity index (χ0) is 13.5. The molecule has 0 unspecified atom stereocenters. The lowest BCUT2D eigenvalue weighted by Crippen LogP contribution is -2.20. The van der Waals surface area contributed by atoms with Crippen molar-refractivity contribution in [2.24, 2.45) is 0 Å². The number of nitrogens with zero attached hydrogens (tertiary/aromatic N) is 1. The molecule has 0 aromatic carbocycles. The molecule has 1 N–H and O–H groups in total. The van der Waals surface area contributed by atoms with Gasteiger partial charge in [-0.1, -0.05) is 0 Å². The Hall–Kier alpha value is -1.62. The van der Waals surface area contributed by atoms with E-state index in [-0.39, 0.29) is 18.7 Å². The third kappa shape index (κ3) is 4.71. The molecule has 5 nitrogen and oxygen atoms in total. The van der Waals surface area contributed by atoms with Crippen molar-refractivity contribution in [3.63, 3.8) is 0 Å². The molecule has 0 saturated heterocycles. The van der Waals surface area contributed by atoms with Gasteiger partial charge in [0, 0.05) is 12.2 Å². The number of pyridine rings is 1. The summed E-state index contributed by atoms with van der Waals surface area (Å²) in [6.07, 6.45) is -0.131. The first kappa shape index (κ1) is 14.4. The molecule has 0 aliphatic heterocycles. The van der Waals surface area contributed by atoms with E-state index < -0.39 is 0 Å². The standard InChI is InChI=1S/C13H20N2O3/c1-9(2)18-13(16)8-17-12-6-5-10(3)15-11(12)7-14-4/h5-6,9,14H,7-8H2,1-4H3. The summed E-state index contributed by atoms with van der Waals surface area (Å²) in [7, 11) is 1.83. The maximum Gasteiger partial charge on any atom is 0.344 e. The number of aryl methyl sites for hydroxylation is 1. The van der Waals surface area contributed by atoms with Crippen molar-refractivity contribution in [1.82, 2.24) is 10.3 Å². The van der Waals surface area contributed by atoms with Gasteiger partial charge in [0.25, 0.3) is 0 Å². The molecule has 0 spiro atoms. The van der Waals surface area contributed by atoms with Gasteiger partial charge in [-0.25, -0.2) is 4.79 Å². The lowest BCUT2D eigenvalue weighted by molar-refractivity contribution is -0.149. The van der Waals surface area contributed by atoms with Gasteiger partial charge in [-0.3, -0.25) is 4.98 Å². The number of hydrogen-bond donors (Lipinski definition) is 1. The van der Waals surface area contributed by atoms with Crippen LogP contribution in [0, 0.1) is 6.92 Å². The highest BCUT2D eigenvalue weighted by atomic mass is 16.6. The molecular weight excluding hydrogens is 232 g/mol. The predicted molar refractivity (Wildman–Crippen MR) is 68.5 cm³/mol. The molecule has 5 heteroatoms. The third-order valence-electron chi connectivity index (χ3n) is 2.13. The van der Waals surface area contributed by atoms with E-state index in [0.29, 0.717) is 12.3 Å². The van der Waals surface area contributed by atoms with Crippen molar-refractivity contribution in [3.05, 3.63) is 23.5 Å². The minimum absolute atomic E-state index is 0.0976. The van der Waals surface area contributed by atoms with Crippen LogP contribution in [0.4, 0.5) is 0 Å². The summed E-state index contributed by atoms with van der Waals surface area (Å²) in [5.41, 5.74) is 1.70. The summed E-state index contributed by atoms with van der Waals surface area (Å²) in [4.78, 5) is 15.7. The summed E-state index contributed by atoms with van der Waals surface area (Å²) in [6, 6.07) is 3.67. The van der Waals surface area contributed by atoms with Gasteiger partial charge in [-0.2, -0.15) is 0 Å². The monoisotopic (exact) mass is 252 g/mol. The molecule has 1 heterocycles. The minimum Gasteiger partial charge on any atom is -0.480 e. The first-order chi connectivity index (χ1) is 8.52. The number of nitrogens with one attached hydrogen (secondary N) is 1. The Labute approximate surface area is 108 Å². The number of rotatable bonds is 6. The molecule has 0 amide bonds. The third-order valence-corrected chi connectivity index (χ3v) is 2.13. The van der Waals surface area contributed by atoms with Crippen LogP contribution in [-0.2, 0) is 16.1 Å². The van der Waals surface area contributed by atoms with Crippen LogP contribution in [0.1, 0.15) is 25.2 Å². The molecule has 0 aliphatic rings. The molecule has 100 valence electrons. The Kier molecular flexibility index (Phi) is 5.58. The van der Waals surface area contributed by atoms with Gasteiger partial charge in [-0.05, 0) is 40.0 Å². The van der Waals surface area contributed by atoms with E-state index >= 15 is 0 Å². The molecular formula is C13H20N2O3. The second-order valence-electron chi connectivity index (χ2n) is 4.26. The van der Waals surface area contributed by atoms with Crippen molar-refractivity contribution >= 4 is 5.97 Å². The lowest BCUT2D eigenvalue weighted by Gasteiger charge is -2.12. The van der Waals surface area contributed by atoms with Crippen LogP contribution in [0.5, 0.6) is 5.75 Å². The van der Waals surface area contributed by atoms with Gasteiger partial charge in [0.1, 0.15) is 5.75 Å². The van der Waals surface area contributed by atoms with Crippen molar-refractivity contribution < 1.29 is 14.3 Å². The van der Waals surface area contributed by atoms with Crippen LogP contribution in [0.15, 0.2) is 12.1 Å². The van der Waals surface area contributed by atoms with Crippen molar-refractivity contribution in [3.8, 4) is 5.75 Å². The van der Waals surface area contributed by atoms with Crippen LogP contribution < -0.4 is 10.1 Å². The Morgan fingerprint density at radius 1 is 1.44 bits per heavy atom. The Morgan fingerprint density at radius 2 is 2.17 bits per heavy atom. The summed E-state index contributed by atoms with van der Waals surface area (Å²) in [5, 5.41) is 3.01. The molecule has 1 aromatic rings. The molecule has 0 fully saturated rings. The highest BCUT2D eigenvalue weighted by Gasteiger charge is 2.10. The SMILES string of the molecule is CNCc1nc(C)ccc1OCC(=O)OC(C)C. The number of aromatic nitrogens is 1. The number of hydrogen-bond acceptors (Lipinski definition) is 5. The quantitative estimate of drug-likeness (QED) is 0.776. The average Bonchev–Trinajstić information content (AvgIpc) is 2.27. The first-order valence-corrected chi connectivity index (χ1v) is 5.96. The minimum atomic E-state index is -0.374. The van der Waals surface area contributed by atoms with Gasteiger partial charge in [-0.15, -0.1) is 0 Å². The fourth-order valence-corrected chi connectivity index (χ4v) is 1.46. The van der Waals surface area contributed by atoms with Gasteiger partial charge < -0.3 is 14.8 Å². The molecule has 0 atom stereocenters. The van der Waals surface area contributed by atoms with E-state index in [9.17, 15) is 4.79 Å². The van der Waals surface area contributed by atoms with Crippen LogP contribution in [0.2, 0.25) is 0 Å². The zero-order valence-corrected chi connectivity index (χ0v) is 11.3. The number of ether oxygens (including phenoxy) is 2. The highest BCUT2D eigenvalue weighted by Crippen LogP contribution is 2.16. The van der Waals surface area contributed by atoms with Crippen LogP contribution >= 0.6 is 0 Å². The smallest absolute Gasteiger partial charge is 0.344 e.